The molecule has 1 aromatic carbocycles. The van der Waals surface area contributed by atoms with Crippen molar-refractivity contribution < 1.29 is 9.47 Å². The molecule has 0 saturated carbocycles. The van der Waals surface area contributed by atoms with E-state index in [0.717, 1.165) is 31.1 Å². The van der Waals surface area contributed by atoms with Gasteiger partial charge in [-0.1, -0.05) is 12.1 Å². The normalized spacial score (nSPS) is 18.4. The molecule has 1 unspecified atom stereocenters. The van der Waals surface area contributed by atoms with Crippen molar-refractivity contribution in [2.75, 3.05) is 32.8 Å². The van der Waals surface area contributed by atoms with Crippen LogP contribution in [0.2, 0.25) is 0 Å². The molecule has 4 heteroatoms. The summed E-state index contributed by atoms with van der Waals surface area (Å²) in [6, 6.07) is 7.86. The van der Waals surface area contributed by atoms with Crippen molar-refractivity contribution in [1.29, 1.82) is 0 Å². The van der Waals surface area contributed by atoms with Crippen molar-refractivity contribution in [3.05, 3.63) is 24.3 Å². The van der Waals surface area contributed by atoms with Gasteiger partial charge < -0.3 is 9.47 Å². The zero-order valence-corrected chi connectivity index (χ0v) is 13.8. The number of likely N-dealkylation sites (tertiary alicyclic amines) is 1. The van der Waals surface area contributed by atoms with Crippen LogP contribution in [0.4, 0.5) is 0 Å². The Balaban J connectivity index is 1.73. The quantitative estimate of drug-likeness (QED) is 0.715. The van der Waals surface area contributed by atoms with Gasteiger partial charge in [0.15, 0.2) is 11.5 Å². The molecule has 0 bridgehead atoms. The van der Waals surface area contributed by atoms with Crippen molar-refractivity contribution in [2.24, 2.45) is 5.92 Å². The maximum atomic E-state index is 6.18. The van der Waals surface area contributed by atoms with Gasteiger partial charge in [-0.3, -0.25) is 4.90 Å². The third-order valence-electron chi connectivity index (χ3n) is 4.10. The molecule has 21 heavy (non-hydrogen) atoms. The van der Waals surface area contributed by atoms with Crippen LogP contribution in [0.25, 0.3) is 0 Å². The van der Waals surface area contributed by atoms with E-state index in [-0.39, 0.29) is 0 Å². The minimum absolute atomic E-state index is 0.293. The molecule has 1 aliphatic heterocycles. The smallest absolute Gasteiger partial charge is 0.161 e. The van der Waals surface area contributed by atoms with Crippen LogP contribution in [-0.2, 0) is 0 Å². The Kier molecular flexibility index (Phi) is 6.65. The summed E-state index contributed by atoms with van der Waals surface area (Å²) in [7, 11) is 0. The van der Waals surface area contributed by atoms with E-state index < -0.39 is 0 Å². The number of para-hydroxylation sites is 2. The van der Waals surface area contributed by atoms with E-state index in [2.05, 4.69) is 11.8 Å². The highest BCUT2D eigenvalue weighted by Crippen LogP contribution is 2.27. The fraction of sp³-hybridized carbons (Fsp3) is 0.647. The Morgan fingerprint density at radius 3 is 2.38 bits per heavy atom. The van der Waals surface area contributed by atoms with Crippen LogP contribution in [0.3, 0.4) is 0 Å². The lowest BCUT2D eigenvalue weighted by Gasteiger charge is -2.32. The van der Waals surface area contributed by atoms with Crippen molar-refractivity contribution in [3.8, 4) is 11.5 Å². The monoisotopic (exact) mass is 311 g/mol. The van der Waals surface area contributed by atoms with E-state index in [1.807, 2.05) is 31.2 Å². The molecule has 1 heterocycles. The lowest BCUT2D eigenvalue weighted by Crippen LogP contribution is -2.38. The summed E-state index contributed by atoms with van der Waals surface area (Å²) in [6.45, 7) is 8.66. The fourth-order valence-corrected chi connectivity index (χ4v) is 3.02. The number of piperidine rings is 1. The molecule has 0 aromatic heterocycles. The van der Waals surface area contributed by atoms with E-state index >= 15 is 0 Å². The second kappa shape index (κ2) is 8.50. The van der Waals surface area contributed by atoms with Crippen molar-refractivity contribution in [1.82, 2.24) is 4.90 Å². The molecule has 0 N–H and O–H groups in total. The highest BCUT2D eigenvalue weighted by atomic mass is 35.5. The summed E-state index contributed by atoms with van der Waals surface area (Å²) in [4.78, 5) is 2.46. The number of rotatable bonds is 7. The second-order valence-electron chi connectivity index (χ2n) is 5.58. The van der Waals surface area contributed by atoms with Gasteiger partial charge >= 0.3 is 0 Å². The molecule has 1 aromatic rings. The molecule has 1 fully saturated rings. The average Bonchev–Trinajstić information content (AvgIpc) is 2.50. The first-order chi connectivity index (χ1) is 10.2. The lowest BCUT2D eigenvalue weighted by atomic mass is 9.94. The van der Waals surface area contributed by atoms with Crippen LogP contribution in [0.1, 0.15) is 26.7 Å². The maximum absolute atomic E-state index is 6.18. The van der Waals surface area contributed by atoms with Crippen molar-refractivity contribution in [2.45, 2.75) is 32.1 Å². The van der Waals surface area contributed by atoms with E-state index in [1.165, 1.54) is 12.8 Å². The summed E-state index contributed by atoms with van der Waals surface area (Å²) in [5, 5.41) is 0.293. The van der Waals surface area contributed by atoms with Crippen LogP contribution < -0.4 is 9.47 Å². The van der Waals surface area contributed by atoms with Crippen LogP contribution in [0.5, 0.6) is 11.5 Å². The maximum Gasteiger partial charge on any atom is 0.161 e. The lowest BCUT2D eigenvalue weighted by molar-refractivity contribution is 0.152. The third-order valence-corrected chi connectivity index (χ3v) is 4.45. The third kappa shape index (κ3) is 5.08. The Morgan fingerprint density at radius 1 is 1.19 bits per heavy atom. The minimum Gasteiger partial charge on any atom is -0.490 e. The first-order valence-electron chi connectivity index (χ1n) is 7.91. The fourth-order valence-electron chi connectivity index (χ4n) is 2.76. The van der Waals surface area contributed by atoms with Gasteiger partial charge in [0, 0.05) is 11.9 Å². The molecule has 1 aliphatic rings. The largest absolute Gasteiger partial charge is 0.490 e. The number of alkyl halides is 1. The zero-order chi connectivity index (χ0) is 15.1. The topological polar surface area (TPSA) is 21.7 Å². The first-order valence-corrected chi connectivity index (χ1v) is 8.35. The average molecular weight is 312 g/mol. The molecule has 0 aliphatic carbocycles. The highest BCUT2D eigenvalue weighted by Gasteiger charge is 2.22. The number of hydrogen-bond acceptors (Lipinski definition) is 3. The molecule has 1 saturated heterocycles. The molecular weight excluding hydrogens is 286 g/mol. The van der Waals surface area contributed by atoms with E-state index in [0.29, 0.717) is 24.5 Å². The summed E-state index contributed by atoms with van der Waals surface area (Å²) in [5.74, 6) is 2.33. The van der Waals surface area contributed by atoms with Crippen LogP contribution in [0, 0.1) is 5.92 Å². The number of nitrogens with zero attached hydrogens (tertiary/aromatic N) is 1. The van der Waals surface area contributed by atoms with Gasteiger partial charge in [-0.2, -0.15) is 0 Å². The van der Waals surface area contributed by atoms with E-state index in [4.69, 9.17) is 21.1 Å². The molecule has 0 amide bonds. The number of hydrogen-bond donors (Lipinski definition) is 0. The summed E-state index contributed by atoms with van der Waals surface area (Å²) < 4.78 is 11.4. The molecule has 0 spiro atoms. The summed E-state index contributed by atoms with van der Waals surface area (Å²) in [6.07, 6.45) is 2.39. The van der Waals surface area contributed by atoms with E-state index in [9.17, 15) is 0 Å². The van der Waals surface area contributed by atoms with E-state index in [1.54, 1.807) is 0 Å². The van der Waals surface area contributed by atoms with Crippen molar-refractivity contribution >= 4 is 11.6 Å². The van der Waals surface area contributed by atoms with Gasteiger partial charge in [-0.15, -0.1) is 11.6 Å². The Bertz CT molecular complexity index is 417. The molecule has 3 nitrogen and oxygen atoms in total. The van der Waals surface area contributed by atoms with Crippen LogP contribution >= 0.6 is 11.6 Å². The SMILES string of the molecule is CCOc1ccccc1OCCN1CCC(C(C)Cl)CC1. The first kappa shape index (κ1) is 16.4. The molecule has 2 rings (SSSR count). The standard InChI is InChI=1S/C17H26ClNO2/c1-3-20-16-6-4-5-7-17(16)21-13-12-19-10-8-15(9-11-19)14(2)18/h4-7,14-15H,3,8-13H2,1-2H3. The number of ether oxygens (including phenoxy) is 2. The summed E-state index contributed by atoms with van der Waals surface area (Å²) in [5.41, 5.74) is 0. The van der Waals surface area contributed by atoms with Gasteiger partial charge in [-0.05, 0) is 57.8 Å². The van der Waals surface area contributed by atoms with Gasteiger partial charge in [-0.25, -0.2) is 0 Å². The Morgan fingerprint density at radius 2 is 1.81 bits per heavy atom. The van der Waals surface area contributed by atoms with Gasteiger partial charge in [0.25, 0.3) is 0 Å². The summed E-state index contributed by atoms with van der Waals surface area (Å²) >= 11 is 6.18. The van der Waals surface area contributed by atoms with Gasteiger partial charge in [0.2, 0.25) is 0 Å². The van der Waals surface area contributed by atoms with Gasteiger partial charge in [0.05, 0.1) is 6.61 Å². The number of benzene rings is 1. The molecular formula is C17H26ClNO2. The highest BCUT2D eigenvalue weighted by molar-refractivity contribution is 6.20. The van der Waals surface area contributed by atoms with Gasteiger partial charge in [0.1, 0.15) is 6.61 Å². The molecule has 118 valence electrons. The molecule has 0 radical (unpaired) electrons. The second-order valence-corrected chi connectivity index (χ2v) is 6.27. The van der Waals surface area contributed by atoms with Crippen molar-refractivity contribution in [3.63, 3.8) is 0 Å². The Labute approximate surface area is 133 Å². The number of halogens is 1. The predicted molar refractivity (Wildman–Crippen MR) is 87.6 cm³/mol. The molecule has 1 atom stereocenters. The van der Waals surface area contributed by atoms with Crippen LogP contribution in [-0.4, -0.2) is 43.1 Å². The van der Waals surface area contributed by atoms with Crippen LogP contribution in [0.15, 0.2) is 24.3 Å². The minimum atomic E-state index is 0.293. The predicted octanol–water partition coefficient (Wildman–Crippen LogP) is 3.80. The Hall–Kier alpha value is -0.930. The zero-order valence-electron chi connectivity index (χ0n) is 13.1.